The topological polar surface area (TPSA) is 29.5 Å². The first-order valence-corrected chi connectivity index (χ1v) is 6.56. The van der Waals surface area contributed by atoms with Crippen LogP contribution in [0.3, 0.4) is 0 Å². The number of alkyl halides is 3. The van der Waals surface area contributed by atoms with Crippen LogP contribution in [0, 0.1) is 11.6 Å². The number of likely N-dealkylation sites (tertiary alicyclic amines) is 1. The molecule has 1 aliphatic heterocycles. The summed E-state index contributed by atoms with van der Waals surface area (Å²) >= 11 is 0. The fourth-order valence-electron chi connectivity index (χ4n) is 2.51. The fourth-order valence-corrected chi connectivity index (χ4v) is 2.51. The largest absolute Gasteiger partial charge is 0.417 e. The van der Waals surface area contributed by atoms with Gasteiger partial charge in [-0.1, -0.05) is 0 Å². The van der Waals surface area contributed by atoms with Crippen LogP contribution in [0.25, 0.3) is 0 Å². The monoisotopic (exact) mass is 323 g/mol. The van der Waals surface area contributed by atoms with Gasteiger partial charge in [0.2, 0.25) is 0 Å². The van der Waals surface area contributed by atoms with Crippen LogP contribution in [-0.2, 0) is 4.74 Å². The van der Waals surface area contributed by atoms with Crippen molar-refractivity contribution in [2.24, 2.45) is 0 Å². The summed E-state index contributed by atoms with van der Waals surface area (Å²) in [4.78, 5) is 13.2. The molecule has 1 heterocycles. The molecule has 0 bridgehead atoms. The lowest BCUT2D eigenvalue weighted by atomic mass is 9.90. The van der Waals surface area contributed by atoms with E-state index in [4.69, 9.17) is 0 Å². The van der Waals surface area contributed by atoms with E-state index >= 15 is 0 Å². The van der Waals surface area contributed by atoms with Crippen molar-refractivity contribution in [2.45, 2.75) is 24.6 Å². The van der Waals surface area contributed by atoms with Crippen LogP contribution in [0.5, 0.6) is 0 Å². The highest BCUT2D eigenvalue weighted by atomic mass is 19.4. The van der Waals surface area contributed by atoms with Gasteiger partial charge in [-0.05, 0) is 18.2 Å². The van der Waals surface area contributed by atoms with Crippen LogP contribution in [0.1, 0.15) is 23.2 Å². The van der Waals surface area contributed by atoms with Crippen LogP contribution in [0.2, 0.25) is 0 Å². The van der Waals surface area contributed by atoms with E-state index in [1.165, 1.54) is 0 Å². The molecule has 1 fully saturated rings. The summed E-state index contributed by atoms with van der Waals surface area (Å²) < 4.78 is 70.4. The molecule has 2 rings (SSSR count). The van der Waals surface area contributed by atoms with Gasteiger partial charge in [0, 0.05) is 33.0 Å². The van der Waals surface area contributed by atoms with E-state index in [9.17, 15) is 26.7 Å². The third-order valence-corrected chi connectivity index (χ3v) is 3.92. The Hall–Kier alpha value is -1.70. The van der Waals surface area contributed by atoms with Gasteiger partial charge in [-0.3, -0.25) is 4.79 Å². The van der Waals surface area contributed by atoms with Crippen molar-refractivity contribution in [3.63, 3.8) is 0 Å². The Morgan fingerprint density at radius 2 is 1.82 bits per heavy atom. The molecule has 0 spiro atoms. The Balaban J connectivity index is 2.14. The van der Waals surface area contributed by atoms with Gasteiger partial charge >= 0.3 is 6.18 Å². The van der Waals surface area contributed by atoms with E-state index in [-0.39, 0.29) is 13.1 Å². The molecule has 1 saturated heterocycles. The van der Waals surface area contributed by atoms with E-state index in [1.54, 1.807) is 0 Å². The summed E-state index contributed by atoms with van der Waals surface area (Å²) in [5.74, 6) is -2.53. The summed E-state index contributed by atoms with van der Waals surface area (Å²) in [7, 11) is 0.969. The smallest absolute Gasteiger partial charge is 0.369 e. The number of carbonyl (C=O) groups excluding carboxylic acids is 1. The number of ether oxygens (including phenoxy) is 1. The summed E-state index contributed by atoms with van der Waals surface area (Å²) in [6.07, 6.45) is -5.45. The predicted molar refractivity (Wildman–Crippen MR) is 67.3 cm³/mol. The Labute approximate surface area is 123 Å². The number of amides is 1. The maximum absolute atomic E-state index is 13.6. The van der Waals surface area contributed by atoms with Crippen LogP contribution in [0.15, 0.2) is 18.2 Å². The molecule has 0 aromatic heterocycles. The van der Waals surface area contributed by atoms with Gasteiger partial charge in [-0.15, -0.1) is 0 Å². The SMILES string of the molecule is COC1(C(F)(F)F)CCN(C(=O)c2cc(F)ccc2F)CC1. The van der Waals surface area contributed by atoms with Crippen LogP contribution in [0.4, 0.5) is 22.0 Å². The Morgan fingerprint density at radius 1 is 1.23 bits per heavy atom. The molecule has 0 unspecified atom stereocenters. The molecular formula is C14H14F5NO2. The maximum atomic E-state index is 13.6. The van der Waals surface area contributed by atoms with E-state index in [0.29, 0.717) is 0 Å². The lowest BCUT2D eigenvalue weighted by molar-refractivity contribution is -0.281. The third-order valence-electron chi connectivity index (χ3n) is 3.92. The predicted octanol–water partition coefficient (Wildman–Crippen LogP) is 3.15. The molecule has 0 saturated carbocycles. The van der Waals surface area contributed by atoms with E-state index in [0.717, 1.165) is 30.2 Å². The minimum atomic E-state index is -4.55. The molecule has 1 amide bonds. The van der Waals surface area contributed by atoms with Crippen molar-refractivity contribution in [1.82, 2.24) is 4.90 Å². The van der Waals surface area contributed by atoms with Crippen molar-refractivity contribution in [3.8, 4) is 0 Å². The lowest BCUT2D eigenvalue weighted by Gasteiger charge is -2.41. The van der Waals surface area contributed by atoms with Crippen molar-refractivity contribution in [1.29, 1.82) is 0 Å². The van der Waals surface area contributed by atoms with Crippen LogP contribution in [-0.4, -0.2) is 42.8 Å². The number of methoxy groups -OCH3 is 1. The molecule has 0 aliphatic carbocycles. The first kappa shape index (κ1) is 16.7. The number of benzene rings is 1. The number of hydrogen-bond acceptors (Lipinski definition) is 2. The summed E-state index contributed by atoms with van der Waals surface area (Å²) in [6, 6.07) is 2.41. The Kier molecular flexibility index (Phi) is 4.42. The molecule has 22 heavy (non-hydrogen) atoms. The third kappa shape index (κ3) is 2.92. The minimum Gasteiger partial charge on any atom is -0.369 e. The average Bonchev–Trinajstić information content (AvgIpc) is 2.48. The standard InChI is InChI=1S/C14H14F5NO2/c1-22-13(14(17,18)19)4-6-20(7-5-13)12(21)10-8-9(15)2-3-11(10)16/h2-3,8H,4-7H2,1H3. The zero-order valence-electron chi connectivity index (χ0n) is 11.7. The van der Waals surface area contributed by atoms with Crippen molar-refractivity contribution < 1.29 is 31.5 Å². The van der Waals surface area contributed by atoms with Crippen molar-refractivity contribution >= 4 is 5.91 Å². The van der Waals surface area contributed by atoms with E-state index in [1.807, 2.05) is 0 Å². The molecule has 0 atom stereocenters. The zero-order valence-corrected chi connectivity index (χ0v) is 11.7. The number of hydrogen-bond donors (Lipinski definition) is 0. The molecule has 1 aliphatic rings. The van der Waals surface area contributed by atoms with Crippen LogP contribution >= 0.6 is 0 Å². The van der Waals surface area contributed by atoms with Gasteiger partial charge < -0.3 is 9.64 Å². The molecule has 8 heteroatoms. The second kappa shape index (κ2) is 5.83. The molecule has 0 radical (unpaired) electrons. The number of piperidine rings is 1. The highest BCUT2D eigenvalue weighted by Gasteiger charge is 2.56. The zero-order chi connectivity index (χ0) is 16.5. The van der Waals surface area contributed by atoms with Gasteiger partial charge in [0.05, 0.1) is 5.56 Å². The second-order valence-corrected chi connectivity index (χ2v) is 5.11. The molecular weight excluding hydrogens is 309 g/mol. The lowest BCUT2D eigenvalue weighted by Crippen LogP contribution is -2.55. The van der Waals surface area contributed by atoms with Gasteiger partial charge in [0.15, 0.2) is 5.60 Å². The first-order valence-electron chi connectivity index (χ1n) is 6.56. The Bertz CT molecular complexity index is 565. The van der Waals surface area contributed by atoms with Crippen molar-refractivity contribution in [3.05, 3.63) is 35.4 Å². The molecule has 1 aromatic rings. The normalized spacial score (nSPS) is 18.4. The van der Waals surface area contributed by atoms with Crippen molar-refractivity contribution in [2.75, 3.05) is 20.2 Å². The van der Waals surface area contributed by atoms with Gasteiger partial charge in [-0.2, -0.15) is 13.2 Å². The summed E-state index contributed by atoms with van der Waals surface area (Å²) in [6.45, 7) is -0.496. The highest BCUT2D eigenvalue weighted by molar-refractivity contribution is 5.94. The maximum Gasteiger partial charge on any atom is 0.417 e. The van der Waals surface area contributed by atoms with E-state index < -0.39 is 47.7 Å². The quantitative estimate of drug-likeness (QED) is 0.783. The average molecular weight is 323 g/mol. The highest BCUT2D eigenvalue weighted by Crippen LogP contribution is 2.41. The first-order chi connectivity index (χ1) is 10.2. The number of rotatable bonds is 2. The number of halogens is 5. The summed E-state index contributed by atoms with van der Waals surface area (Å²) in [5.41, 5.74) is -2.79. The van der Waals surface area contributed by atoms with E-state index in [2.05, 4.69) is 4.74 Å². The molecule has 3 nitrogen and oxygen atoms in total. The summed E-state index contributed by atoms with van der Waals surface area (Å²) in [5, 5.41) is 0. The number of nitrogens with zero attached hydrogens (tertiary/aromatic N) is 1. The second-order valence-electron chi connectivity index (χ2n) is 5.11. The minimum absolute atomic E-state index is 0.248. The molecule has 122 valence electrons. The van der Waals surface area contributed by atoms with Crippen LogP contribution < -0.4 is 0 Å². The molecule has 0 N–H and O–H groups in total. The number of carbonyl (C=O) groups is 1. The van der Waals surface area contributed by atoms with Gasteiger partial charge in [-0.25, -0.2) is 8.78 Å². The fraction of sp³-hybridized carbons (Fsp3) is 0.500. The van der Waals surface area contributed by atoms with Gasteiger partial charge in [0.25, 0.3) is 5.91 Å². The Morgan fingerprint density at radius 3 is 2.32 bits per heavy atom. The van der Waals surface area contributed by atoms with Gasteiger partial charge in [0.1, 0.15) is 11.6 Å². The molecule has 1 aromatic carbocycles.